The predicted molar refractivity (Wildman–Crippen MR) is 208 cm³/mol. The average Bonchev–Trinajstić information content (AvgIpc) is 3.65. The summed E-state index contributed by atoms with van der Waals surface area (Å²) in [4.78, 5) is 102. The van der Waals surface area contributed by atoms with Crippen molar-refractivity contribution in [2.75, 3.05) is 109 Å². The SMILES string of the molecule is CN(C)CCCN1C(=O)C(O)C(O)C1=O.CN(C)CCCN1C(=O)C(O)C(O)C1=O.CN(C)CCCN1C(=O)C(O)C(O)C1=O.CN(C)CCCN1C(=O)C(O)C(O)C1=O. The van der Waals surface area contributed by atoms with Gasteiger partial charge < -0.3 is 60.5 Å². The molecule has 0 saturated carbocycles. The van der Waals surface area contributed by atoms with E-state index in [0.29, 0.717) is 25.7 Å². The molecule has 60 heavy (non-hydrogen) atoms. The van der Waals surface area contributed by atoms with E-state index in [4.69, 9.17) is 40.9 Å². The fourth-order valence-electron chi connectivity index (χ4n) is 5.85. The first-order valence-corrected chi connectivity index (χ1v) is 19.2. The van der Waals surface area contributed by atoms with Gasteiger partial charge in [-0.3, -0.25) is 58.0 Å². The summed E-state index contributed by atoms with van der Waals surface area (Å²) in [5.74, 6) is -5.62. The lowest BCUT2D eigenvalue weighted by Gasteiger charge is -2.15. The maximum atomic E-state index is 11.3. The van der Waals surface area contributed by atoms with Crippen molar-refractivity contribution in [3.8, 4) is 0 Å². The monoisotopic (exact) mass is 864 g/mol. The Morgan fingerprint density at radius 1 is 0.300 bits per heavy atom. The minimum atomic E-state index is -1.59. The Hall–Kier alpha value is -3.92. The molecule has 8 unspecified atom stereocenters. The molecule has 8 atom stereocenters. The summed E-state index contributed by atoms with van der Waals surface area (Å²) >= 11 is 0. The van der Waals surface area contributed by atoms with Crippen molar-refractivity contribution in [2.45, 2.75) is 74.5 Å². The first-order chi connectivity index (χ1) is 27.8. The highest BCUT2D eigenvalue weighted by atomic mass is 16.4. The van der Waals surface area contributed by atoms with Gasteiger partial charge in [-0.1, -0.05) is 0 Å². The van der Waals surface area contributed by atoms with Crippen LogP contribution >= 0.6 is 0 Å². The highest BCUT2D eigenvalue weighted by Gasteiger charge is 2.48. The van der Waals surface area contributed by atoms with Gasteiger partial charge in [-0.2, -0.15) is 0 Å². The van der Waals surface area contributed by atoms with Crippen LogP contribution in [0.25, 0.3) is 0 Å². The van der Waals surface area contributed by atoms with Crippen LogP contribution in [0.2, 0.25) is 0 Å². The number of nitrogens with zero attached hydrogens (tertiary/aromatic N) is 8. The van der Waals surface area contributed by atoms with Crippen molar-refractivity contribution in [2.24, 2.45) is 0 Å². The summed E-state index contributed by atoms with van der Waals surface area (Å²) in [6, 6.07) is 0. The van der Waals surface area contributed by atoms with Crippen molar-refractivity contribution in [3.63, 3.8) is 0 Å². The van der Waals surface area contributed by atoms with E-state index in [1.54, 1.807) is 0 Å². The lowest BCUT2D eigenvalue weighted by atomic mass is 10.2. The third-order valence-electron chi connectivity index (χ3n) is 9.30. The molecule has 4 saturated heterocycles. The van der Waals surface area contributed by atoms with Gasteiger partial charge >= 0.3 is 0 Å². The largest absolute Gasteiger partial charge is 0.380 e. The van der Waals surface area contributed by atoms with Crippen LogP contribution in [-0.4, -0.2) is 285 Å². The topological polar surface area (TPSA) is 324 Å². The number of aliphatic hydroxyl groups excluding tert-OH is 8. The van der Waals surface area contributed by atoms with Gasteiger partial charge in [0.1, 0.15) is 0 Å². The number of likely N-dealkylation sites (tertiary alicyclic amines) is 4. The van der Waals surface area contributed by atoms with Crippen LogP contribution in [0.1, 0.15) is 25.7 Å². The van der Waals surface area contributed by atoms with Crippen LogP contribution < -0.4 is 0 Å². The molecule has 24 nitrogen and oxygen atoms in total. The summed E-state index contributed by atoms with van der Waals surface area (Å²) < 4.78 is 0. The number of carbonyl (C=O) groups is 8. The van der Waals surface area contributed by atoms with Crippen LogP contribution in [0.5, 0.6) is 0 Å². The second kappa shape index (κ2) is 25.1. The van der Waals surface area contributed by atoms with Gasteiger partial charge in [0, 0.05) is 26.2 Å². The number of carbonyl (C=O) groups excluding carboxylic acids is 8. The summed E-state index contributed by atoms with van der Waals surface area (Å²) in [5, 5.41) is 73.1. The Morgan fingerprint density at radius 2 is 0.417 bits per heavy atom. The molecule has 344 valence electrons. The normalized spacial score (nSPS) is 26.9. The predicted octanol–water partition coefficient (Wildman–Crippen LogP) is -7.89. The molecule has 24 heteroatoms. The Labute approximate surface area is 348 Å². The summed E-state index contributed by atoms with van der Waals surface area (Å²) in [6.07, 6.45) is -10.2. The van der Waals surface area contributed by atoms with Gasteiger partial charge in [0.15, 0.2) is 48.8 Å². The van der Waals surface area contributed by atoms with E-state index < -0.39 is 96.1 Å². The average molecular weight is 865 g/mol. The smallest absolute Gasteiger partial charge is 0.261 e. The van der Waals surface area contributed by atoms with Gasteiger partial charge in [-0.25, -0.2) is 0 Å². The molecule has 0 aromatic carbocycles. The third kappa shape index (κ3) is 15.2. The quantitative estimate of drug-likeness (QED) is 0.0668. The number of hydrogen-bond acceptors (Lipinski definition) is 20. The van der Waals surface area contributed by atoms with Crippen LogP contribution in [0.3, 0.4) is 0 Å². The second-order valence-electron chi connectivity index (χ2n) is 15.5. The molecule has 0 bridgehead atoms. The van der Waals surface area contributed by atoms with E-state index in [-0.39, 0.29) is 26.2 Å². The zero-order valence-corrected chi connectivity index (χ0v) is 35.5. The minimum absolute atomic E-state index is 0.240. The number of hydrogen-bond donors (Lipinski definition) is 8. The fourth-order valence-corrected chi connectivity index (χ4v) is 5.85. The van der Waals surface area contributed by atoms with Gasteiger partial charge in [0.25, 0.3) is 47.3 Å². The third-order valence-corrected chi connectivity index (χ3v) is 9.30. The lowest BCUT2D eigenvalue weighted by Crippen LogP contribution is -2.34. The van der Waals surface area contributed by atoms with Gasteiger partial charge in [0.05, 0.1) is 0 Å². The van der Waals surface area contributed by atoms with Crippen molar-refractivity contribution in [3.05, 3.63) is 0 Å². The molecule has 4 aliphatic rings. The molecular formula is C36H64N8O16. The molecule has 0 aliphatic carbocycles. The first kappa shape index (κ1) is 54.1. The summed E-state index contributed by atoms with van der Waals surface area (Å²) in [6.45, 7) is 3.92. The Balaban J connectivity index is 0.000000400. The van der Waals surface area contributed by atoms with Crippen LogP contribution in [-0.2, 0) is 38.4 Å². The number of amides is 8. The second-order valence-corrected chi connectivity index (χ2v) is 15.5. The Bertz CT molecular complexity index is 1200. The van der Waals surface area contributed by atoms with Crippen molar-refractivity contribution in [1.29, 1.82) is 0 Å². The highest BCUT2D eigenvalue weighted by Crippen LogP contribution is 2.17. The molecule has 0 radical (unpaired) electrons. The molecule has 0 aromatic heterocycles. The van der Waals surface area contributed by atoms with E-state index in [2.05, 4.69) is 0 Å². The van der Waals surface area contributed by atoms with Gasteiger partial charge in [-0.05, 0) is 108 Å². The van der Waals surface area contributed by atoms with E-state index in [1.807, 2.05) is 76.0 Å². The van der Waals surface area contributed by atoms with Gasteiger partial charge in [0.2, 0.25) is 0 Å². The number of rotatable bonds is 16. The van der Waals surface area contributed by atoms with Crippen molar-refractivity contribution < 1.29 is 79.2 Å². The fraction of sp³-hybridized carbons (Fsp3) is 0.778. The molecule has 4 aliphatic heterocycles. The molecule has 4 fully saturated rings. The van der Waals surface area contributed by atoms with Gasteiger partial charge in [-0.15, -0.1) is 0 Å². The molecule has 4 rings (SSSR count). The molecule has 0 spiro atoms. The van der Waals surface area contributed by atoms with Crippen molar-refractivity contribution in [1.82, 2.24) is 39.2 Å². The zero-order chi connectivity index (χ0) is 46.3. The van der Waals surface area contributed by atoms with Crippen LogP contribution in [0, 0.1) is 0 Å². The Morgan fingerprint density at radius 3 is 0.517 bits per heavy atom. The maximum absolute atomic E-state index is 11.3. The summed E-state index contributed by atoms with van der Waals surface area (Å²) in [7, 11) is 15.1. The van der Waals surface area contributed by atoms with E-state index >= 15 is 0 Å². The first-order valence-electron chi connectivity index (χ1n) is 19.2. The molecule has 8 amide bonds. The Kier molecular flexibility index (Phi) is 22.6. The molecular weight excluding hydrogens is 800 g/mol. The van der Waals surface area contributed by atoms with Crippen LogP contribution in [0.4, 0.5) is 0 Å². The number of imide groups is 4. The molecule has 0 aromatic rings. The standard InChI is InChI=1S/4C9H16N2O4/c4*1-10(2)4-3-5-11-8(14)6(12)7(13)9(11)15/h4*6-7,12-13H,3-5H2,1-2H3. The zero-order valence-electron chi connectivity index (χ0n) is 35.5. The molecule has 8 N–H and O–H groups in total. The van der Waals surface area contributed by atoms with E-state index in [0.717, 1.165) is 45.8 Å². The maximum Gasteiger partial charge on any atom is 0.261 e. The summed E-state index contributed by atoms with van der Waals surface area (Å²) in [5.41, 5.74) is 0. The van der Waals surface area contributed by atoms with E-state index in [9.17, 15) is 38.4 Å². The van der Waals surface area contributed by atoms with Crippen molar-refractivity contribution >= 4 is 47.3 Å². The highest BCUT2D eigenvalue weighted by molar-refractivity contribution is 6.09. The number of aliphatic hydroxyl groups is 8. The van der Waals surface area contributed by atoms with E-state index in [1.165, 1.54) is 0 Å². The molecule has 4 heterocycles. The van der Waals surface area contributed by atoms with Crippen LogP contribution in [0.15, 0.2) is 0 Å². The lowest BCUT2D eigenvalue weighted by molar-refractivity contribution is -0.142. The minimum Gasteiger partial charge on any atom is -0.380 e.